The first-order valence-electron chi connectivity index (χ1n) is 10.8. The van der Waals surface area contributed by atoms with Crippen molar-refractivity contribution in [3.8, 4) is 5.75 Å². The van der Waals surface area contributed by atoms with Crippen LogP contribution in [0.3, 0.4) is 0 Å². The maximum Gasteiger partial charge on any atom is 0.293 e. The van der Waals surface area contributed by atoms with Gasteiger partial charge in [0.1, 0.15) is 12.1 Å². The van der Waals surface area contributed by atoms with Gasteiger partial charge in [-0.25, -0.2) is 9.67 Å². The van der Waals surface area contributed by atoms with E-state index < -0.39 is 6.10 Å². The van der Waals surface area contributed by atoms with Gasteiger partial charge in [0.2, 0.25) is 5.82 Å². The van der Waals surface area contributed by atoms with E-state index in [2.05, 4.69) is 47.0 Å². The molecule has 0 saturated carbocycles. The Balaban J connectivity index is 1.35. The number of amides is 1. The molecular formula is C24H29N5O3. The lowest BCUT2D eigenvalue weighted by Crippen LogP contribution is -2.49. The lowest BCUT2D eigenvalue weighted by molar-refractivity contribution is 0.0733. The number of piperazine rings is 1. The molecular weight excluding hydrogens is 406 g/mol. The first-order chi connectivity index (χ1) is 15.5. The van der Waals surface area contributed by atoms with Crippen molar-refractivity contribution in [2.75, 3.05) is 38.2 Å². The van der Waals surface area contributed by atoms with Gasteiger partial charge < -0.3 is 19.6 Å². The number of aryl methyl sites for hydroxylation is 1. The second-order valence-electron chi connectivity index (χ2n) is 8.08. The van der Waals surface area contributed by atoms with E-state index in [-0.39, 0.29) is 18.3 Å². The van der Waals surface area contributed by atoms with Crippen LogP contribution in [0.15, 0.2) is 48.8 Å². The average Bonchev–Trinajstić information content (AvgIpc) is 3.29. The van der Waals surface area contributed by atoms with Crippen molar-refractivity contribution < 1.29 is 14.6 Å². The monoisotopic (exact) mass is 435 g/mol. The molecule has 0 aliphatic carbocycles. The molecule has 3 aromatic rings. The predicted octanol–water partition coefficient (Wildman–Crippen LogP) is 2.60. The molecule has 1 amide bonds. The molecule has 1 fully saturated rings. The largest absolute Gasteiger partial charge is 0.497 e. The number of aliphatic hydroxyl groups is 1. The average molecular weight is 436 g/mol. The summed E-state index contributed by atoms with van der Waals surface area (Å²) in [4.78, 5) is 21.2. The van der Waals surface area contributed by atoms with E-state index in [1.807, 2.05) is 12.1 Å². The number of anilines is 1. The quantitative estimate of drug-likeness (QED) is 0.641. The summed E-state index contributed by atoms with van der Waals surface area (Å²) in [5, 5.41) is 14.8. The highest BCUT2D eigenvalue weighted by atomic mass is 16.5. The minimum absolute atomic E-state index is 0.159. The lowest BCUT2D eigenvalue weighted by atomic mass is 10.1. The molecule has 0 radical (unpaired) electrons. The van der Waals surface area contributed by atoms with Crippen molar-refractivity contribution in [1.29, 1.82) is 0 Å². The number of ether oxygens (including phenoxy) is 1. The molecule has 8 nitrogen and oxygen atoms in total. The van der Waals surface area contributed by atoms with Crippen LogP contribution in [0, 0.1) is 13.8 Å². The molecule has 8 heteroatoms. The fourth-order valence-corrected chi connectivity index (χ4v) is 3.96. The summed E-state index contributed by atoms with van der Waals surface area (Å²) in [7, 11) is 1.60. The van der Waals surface area contributed by atoms with Crippen LogP contribution in [-0.4, -0.2) is 64.0 Å². The van der Waals surface area contributed by atoms with Crippen LogP contribution in [0.5, 0.6) is 5.75 Å². The fourth-order valence-electron chi connectivity index (χ4n) is 3.96. The highest BCUT2D eigenvalue weighted by Gasteiger charge is 2.25. The van der Waals surface area contributed by atoms with E-state index in [1.165, 1.54) is 27.8 Å². The zero-order valence-corrected chi connectivity index (χ0v) is 18.7. The van der Waals surface area contributed by atoms with E-state index in [1.54, 1.807) is 24.1 Å². The molecule has 1 N–H and O–H groups in total. The molecule has 0 spiro atoms. The minimum atomic E-state index is -0.758. The predicted molar refractivity (Wildman–Crippen MR) is 122 cm³/mol. The Labute approximate surface area is 188 Å². The van der Waals surface area contributed by atoms with Crippen molar-refractivity contribution >= 4 is 11.6 Å². The SMILES string of the molecule is COc1ccc([C@@H](O)Cn2cnc(C(=O)N3CCN(c4cccc(C)c4C)CC3)n2)cc1. The van der Waals surface area contributed by atoms with Gasteiger partial charge in [0.25, 0.3) is 5.91 Å². The molecule has 1 aliphatic rings. The van der Waals surface area contributed by atoms with Crippen molar-refractivity contribution in [3.05, 3.63) is 71.3 Å². The number of aromatic nitrogens is 3. The Hall–Kier alpha value is -3.39. The third kappa shape index (κ3) is 4.60. The summed E-state index contributed by atoms with van der Waals surface area (Å²) < 4.78 is 6.65. The van der Waals surface area contributed by atoms with E-state index in [0.29, 0.717) is 13.1 Å². The molecule has 0 bridgehead atoms. The number of methoxy groups -OCH3 is 1. The Morgan fingerprint density at radius 1 is 1.09 bits per heavy atom. The van der Waals surface area contributed by atoms with E-state index in [4.69, 9.17) is 4.74 Å². The van der Waals surface area contributed by atoms with Gasteiger partial charge in [0.15, 0.2) is 0 Å². The smallest absolute Gasteiger partial charge is 0.293 e. The second kappa shape index (κ2) is 9.40. The second-order valence-corrected chi connectivity index (χ2v) is 8.08. The summed E-state index contributed by atoms with van der Waals surface area (Å²) in [5.74, 6) is 0.711. The Morgan fingerprint density at radius 3 is 2.50 bits per heavy atom. The van der Waals surface area contributed by atoms with Crippen molar-refractivity contribution in [1.82, 2.24) is 19.7 Å². The molecule has 32 heavy (non-hydrogen) atoms. The molecule has 168 valence electrons. The highest BCUT2D eigenvalue weighted by molar-refractivity contribution is 5.90. The van der Waals surface area contributed by atoms with Crippen molar-refractivity contribution in [2.24, 2.45) is 0 Å². The highest BCUT2D eigenvalue weighted by Crippen LogP contribution is 2.24. The van der Waals surface area contributed by atoms with Gasteiger partial charge in [-0.15, -0.1) is 5.10 Å². The van der Waals surface area contributed by atoms with Gasteiger partial charge in [0.05, 0.1) is 19.8 Å². The van der Waals surface area contributed by atoms with Gasteiger partial charge in [-0.3, -0.25) is 4.79 Å². The summed E-state index contributed by atoms with van der Waals surface area (Å²) in [5.41, 5.74) is 4.53. The van der Waals surface area contributed by atoms with Crippen LogP contribution < -0.4 is 9.64 Å². The van der Waals surface area contributed by atoms with Gasteiger partial charge in [0, 0.05) is 31.9 Å². The van der Waals surface area contributed by atoms with Crippen molar-refractivity contribution in [2.45, 2.75) is 26.5 Å². The minimum Gasteiger partial charge on any atom is -0.497 e. The van der Waals surface area contributed by atoms with Crippen LogP contribution in [0.4, 0.5) is 5.69 Å². The zero-order valence-electron chi connectivity index (χ0n) is 18.7. The van der Waals surface area contributed by atoms with Crippen LogP contribution in [0.1, 0.15) is 33.4 Å². The number of hydrogen-bond acceptors (Lipinski definition) is 6. The number of benzene rings is 2. The third-order valence-electron chi connectivity index (χ3n) is 6.07. The van der Waals surface area contributed by atoms with Gasteiger partial charge in [-0.2, -0.15) is 0 Å². The van der Waals surface area contributed by atoms with Crippen LogP contribution >= 0.6 is 0 Å². The van der Waals surface area contributed by atoms with Crippen LogP contribution in [-0.2, 0) is 6.54 Å². The van der Waals surface area contributed by atoms with Crippen molar-refractivity contribution in [3.63, 3.8) is 0 Å². The molecule has 2 aromatic carbocycles. The maximum absolute atomic E-state index is 12.9. The molecule has 2 heterocycles. The topological polar surface area (TPSA) is 83.7 Å². The lowest BCUT2D eigenvalue weighted by Gasteiger charge is -2.36. The van der Waals surface area contributed by atoms with Crippen LogP contribution in [0.25, 0.3) is 0 Å². The molecule has 1 atom stereocenters. The summed E-state index contributed by atoms with van der Waals surface area (Å²) in [6.07, 6.45) is 0.735. The van der Waals surface area contributed by atoms with Gasteiger partial charge in [-0.05, 0) is 48.7 Å². The number of carbonyl (C=O) groups is 1. The number of carbonyl (C=O) groups excluding carboxylic acids is 1. The van der Waals surface area contributed by atoms with E-state index in [9.17, 15) is 9.90 Å². The molecule has 1 aliphatic heterocycles. The Morgan fingerprint density at radius 2 is 1.81 bits per heavy atom. The van der Waals surface area contributed by atoms with Gasteiger partial charge >= 0.3 is 0 Å². The number of aliphatic hydroxyl groups excluding tert-OH is 1. The first kappa shape index (κ1) is 21.8. The standard InChI is InChI=1S/C24H29N5O3/c1-17-5-4-6-21(18(17)2)27-11-13-28(14-12-27)24(31)23-25-16-29(26-23)15-22(30)19-7-9-20(32-3)10-8-19/h4-10,16,22,30H,11-15H2,1-3H3/t22-/m0/s1. The molecule has 0 unspecified atom stereocenters. The van der Waals surface area contributed by atoms with Crippen LogP contribution in [0.2, 0.25) is 0 Å². The number of nitrogens with zero attached hydrogens (tertiary/aromatic N) is 5. The Kier molecular flexibility index (Phi) is 6.41. The summed E-state index contributed by atoms with van der Waals surface area (Å²) >= 11 is 0. The molecule has 1 saturated heterocycles. The molecule has 4 rings (SSSR count). The van der Waals surface area contributed by atoms with Gasteiger partial charge in [-0.1, -0.05) is 24.3 Å². The van der Waals surface area contributed by atoms with E-state index >= 15 is 0 Å². The first-order valence-corrected chi connectivity index (χ1v) is 10.8. The van der Waals surface area contributed by atoms with E-state index in [0.717, 1.165) is 24.4 Å². The maximum atomic E-state index is 12.9. The molecule has 1 aromatic heterocycles. The normalized spacial score (nSPS) is 15.0. The third-order valence-corrected chi connectivity index (χ3v) is 6.07. The number of hydrogen-bond donors (Lipinski definition) is 1. The summed E-state index contributed by atoms with van der Waals surface area (Å²) in [6, 6.07) is 13.5. The summed E-state index contributed by atoms with van der Waals surface area (Å²) in [6.45, 7) is 7.25. The number of rotatable bonds is 6. The fraction of sp³-hybridized carbons (Fsp3) is 0.375. The zero-order chi connectivity index (χ0) is 22.7. The Bertz CT molecular complexity index is 1070.